The smallest absolute Gasteiger partial charge is 0.263 e. The van der Waals surface area contributed by atoms with Crippen molar-refractivity contribution in [3.05, 3.63) is 53.1 Å². The summed E-state index contributed by atoms with van der Waals surface area (Å²) in [6.07, 6.45) is 0. The summed E-state index contributed by atoms with van der Waals surface area (Å²) in [4.78, 5) is 2.39. The lowest BCUT2D eigenvalue weighted by Crippen LogP contribution is -2.15. The van der Waals surface area contributed by atoms with Crippen molar-refractivity contribution in [2.75, 3.05) is 4.72 Å². The van der Waals surface area contributed by atoms with Crippen LogP contribution in [-0.4, -0.2) is 13.4 Å². The minimum atomic E-state index is -4.25. The van der Waals surface area contributed by atoms with Gasteiger partial charge in [-0.1, -0.05) is 11.6 Å². The van der Waals surface area contributed by atoms with Crippen LogP contribution in [0.5, 0.6) is 0 Å². The van der Waals surface area contributed by atoms with E-state index in [0.717, 1.165) is 30.3 Å². The molecule has 1 aromatic heterocycles. The highest BCUT2D eigenvalue weighted by Crippen LogP contribution is 2.25. The second-order valence-electron chi connectivity index (χ2n) is 3.65. The lowest BCUT2D eigenvalue weighted by atomic mass is 10.3. The van der Waals surface area contributed by atoms with Crippen LogP contribution in [0.25, 0.3) is 0 Å². The largest absolute Gasteiger partial charge is 0.275 e. The molecule has 106 valence electrons. The predicted molar refractivity (Wildman–Crippen MR) is 66.4 cm³/mol. The van der Waals surface area contributed by atoms with Gasteiger partial charge in [0, 0.05) is 0 Å². The third-order valence-electron chi connectivity index (χ3n) is 2.24. The number of nitrogens with zero attached hydrogens (tertiary/aromatic N) is 1. The summed E-state index contributed by atoms with van der Waals surface area (Å²) in [5.41, 5.74) is -0.549. The Morgan fingerprint density at radius 3 is 2.40 bits per heavy atom. The summed E-state index contributed by atoms with van der Waals surface area (Å²) < 4.78 is 64.6. The first kappa shape index (κ1) is 14.6. The zero-order chi connectivity index (χ0) is 14.9. The van der Waals surface area contributed by atoms with Gasteiger partial charge in [0.2, 0.25) is 11.9 Å². The minimum absolute atomic E-state index is 0.368. The van der Waals surface area contributed by atoms with Crippen molar-refractivity contribution >= 4 is 27.3 Å². The highest BCUT2D eigenvalue weighted by atomic mass is 35.5. The zero-order valence-electron chi connectivity index (χ0n) is 9.57. The van der Waals surface area contributed by atoms with Crippen LogP contribution >= 0.6 is 11.6 Å². The second kappa shape index (κ2) is 5.29. The van der Waals surface area contributed by atoms with Gasteiger partial charge in [-0.15, -0.1) is 0 Å². The summed E-state index contributed by atoms with van der Waals surface area (Å²) in [6, 6.07) is 4.27. The highest BCUT2D eigenvalue weighted by Gasteiger charge is 2.20. The molecule has 2 aromatic rings. The van der Waals surface area contributed by atoms with Crippen molar-refractivity contribution < 1.29 is 21.6 Å². The van der Waals surface area contributed by atoms with Gasteiger partial charge in [-0.2, -0.15) is 13.8 Å². The van der Waals surface area contributed by atoms with E-state index in [1.807, 2.05) is 4.72 Å². The van der Waals surface area contributed by atoms with Crippen LogP contribution in [0.15, 0.2) is 35.2 Å². The van der Waals surface area contributed by atoms with Gasteiger partial charge in [0.15, 0.2) is 0 Å². The van der Waals surface area contributed by atoms with Crippen LogP contribution in [0.2, 0.25) is 5.02 Å². The first-order valence-electron chi connectivity index (χ1n) is 5.09. The molecule has 0 bridgehead atoms. The molecule has 0 saturated heterocycles. The molecule has 1 N–H and O–H groups in total. The van der Waals surface area contributed by atoms with Gasteiger partial charge in [-0.05, 0) is 30.3 Å². The van der Waals surface area contributed by atoms with E-state index in [2.05, 4.69) is 4.98 Å². The Hall–Kier alpha value is -1.80. The maximum Gasteiger partial charge on any atom is 0.263 e. The van der Waals surface area contributed by atoms with E-state index in [-0.39, 0.29) is 5.02 Å². The van der Waals surface area contributed by atoms with Crippen molar-refractivity contribution in [1.82, 2.24) is 4.98 Å². The number of aromatic nitrogens is 1. The Kier molecular flexibility index (Phi) is 3.87. The molecule has 2 rings (SSSR count). The normalized spacial score (nSPS) is 11.4. The van der Waals surface area contributed by atoms with Crippen molar-refractivity contribution in [3.8, 4) is 0 Å². The Labute approximate surface area is 117 Å². The summed E-state index contributed by atoms with van der Waals surface area (Å²) in [5, 5.41) is -0.368. The lowest BCUT2D eigenvalue weighted by molar-refractivity contribution is 0.515. The number of hydrogen-bond donors (Lipinski definition) is 1. The SMILES string of the molecule is O=S(=O)(Nc1ccc(F)nc1F)c1ccc(F)cc1Cl. The first-order valence-corrected chi connectivity index (χ1v) is 6.95. The molecule has 0 aliphatic rings. The molecule has 0 aliphatic carbocycles. The molecule has 0 aliphatic heterocycles. The van der Waals surface area contributed by atoms with Gasteiger partial charge in [-0.25, -0.2) is 12.8 Å². The fraction of sp³-hybridized carbons (Fsp3) is 0. The second-order valence-corrected chi connectivity index (χ2v) is 5.71. The number of halogens is 4. The predicted octanol–water partition coefficient (Wildman–Crippen LogP) is 2.95. The van der Waals surface area contributed by atoms with Crippen LogP contribution in [0, 0.1) is 17.7 Å². The number of nitrogens with one attached hydrogen (secondary N) is 1. The Morgan fingerprint density at radius 1 is 1.10 bits per heavy atom. The number of hydrogen-bond acceptors (Lipinski definition) is 3. The molecule has 0 unspecified atom stereocenters. The standard InChI is InChI=1S/C11H6ClF3N2O2S/c12-7-5-6(13)1-3-9(7)20(18,19)17-8-2-4-10(14)16-11(8)15/h1-5,17H. The zero-order valence-corrected chi connectivity index (χ0v) is 11.1. The molecule has 0 spiro atoms. The third-order valence-corrected chi connectivity index (χ3v) is 4.09. The molecule has 4 nitrogen and oxygen atoms in total. The number of benzene rings is 1. The van der Waals surface area contributed by atoms with Gasteiger partial charge in [0.25, 0.3) is 10.0 Å². The lowest BCUT2D eigenvalue weighted by Gasteiger charge is -2.09. The minimum Gasteiger partial charge on any atom is -0.275 e. The van der Waals surface area contributed by atoms with E-state index in [0.29, 0.717) is 0 Å². The van der Waals surface area contributed by atoms with Crippen molar-refractivity contribution in [2.24, 2.45) is 0 Å². The number of sulfonamides is 1. The monoisotopic (exact) mass is 322 g/mol. The van der Waals surface area contributed by atoms with Gasteiger partial charge in [0.05, 0.1) is 5.02 Å². The maximum atomic E-state index is 13.3. The Balaban J connectivity index is 2.41. The van der Waals surface area contributed by atoms with Crippen LogP contribution < -0.4 is 4.72 Å². The van der Waals surface area contributed by atoms with Crippen LogP contribution in [-0.2, 0) is 10.0 Å². The number of pyridine rings is 1. The van der Waals surface area contributed by atoms with Crippen molar-refractivity contribution in [1.29, 1.82) is 0 Å². The molecule has 0 amide bonds. The molecule has 0 fully saturated rings. The van der Waals surface area contributed by atoms with Gasteiger partial charge in [0.1, 0.15) is 16.4 Å². The van der Waals surface area contributed by atoms with Gasteiger partial charge >= 0.3 is 0 Å². The van der Waals surface area contributed by atoms with E-state index in [1.54, 1.807) is 0 Å². The molecular weight excluding hydrogens is 317 g/mol. The average molecular weight is 323 g/mol. The molecular formula is C11H6ClF3N2O2S. The summed E-state index contributed by atoms with van der Waals surface area (Å²) in [7, 11) is -4.25. The van der Waals surface area contributed by atoms with Crippen LogP contribution in [0.1, 0.15) is 0 Å². The van der Waals surface area contributed by atoms with Crippen LogP contribution in [0.4, 0.5) is 18.9 Å². The quantitative estimate of drug-likeness (QED) is 0.884. The summed E-state index contributed by atoms with van der Waals surface area (Å²) in [5.74, 6) is -3.14. The molecule has 0 atom stereocenters. The average Bonchev–Trinajstić information content (AvgIpc) is 2.32. The molecule has 0 radical (unpaired) electrons. The van der Waals surface area contributed by atoms with E-state index < -0.39 is 38.3 Å². The number of anilines is 1. The Bertz CT molecular complexity index is 768. The van der Waals surface area contributed by atoms with E-state index in [9.17, 15) is 21.6 Å². The van der Waals surface area contributed by atoms with Gasteiger partial charge in [-0.3, -0.25) is 4.72 Å². The fourth-order valence-corrected chi connectivity index (χ4v) is 2.97. The van der Waals surface area contributed by atoms with Crippen molar-refractivity contribution in [2.45, 2.75) is 4.90 Å². The summed E-state index contributed by atoms with van der Waals surface area (Å²) in [6.45, 7) is 0. The number of rotatable bonds is 3. The molecule has 9 heteroatoms. The maximum absolute atomic E-state index is 13.3. The van der Waals surface area contributed by atoms with E-state index >= 15 is 0 Å². The molecule has 20 heavy (non-hydrogen) atoms. The topological polar surface area (TPSA) is 59.1 Å². The van der Waals surface area contributed by atoms with Crippen molar-refractivity contribution in [3.63, 3.8) is 0 Å². The third kappa shape index (κ3) is 3.02. The molecule has 1 heterocycles. The fourth-order valence-electron chi connectivity index (χ4n) is 1.38. The van der Waals surface area contributed by atoms with Gasteiger partial charge < -0.3 is 0 Å². The molecule has 1 aromatic carbocycles. The molecule has 0 saturated carbocycles. The van der Waals surface area contributed by atoms with E-state index in [1.165, 1.54) is 0 Å². The Morgan fingerprint density at radius 2 is 1.80 bits per heavy atom. The van der Waals surface area contributed by atoms with Crippen LogP contribution in [0.3, 0.4) is 0 Å². The summed E-state index contributed by atoms with van der Waals surface area (Å²) >= 11 is 5.62. The van der Waals surface area contributed by atoms with E-state index in [4.69, 9.17) is 11.6 Å². The highest BCUT2D eigenvalue weighted by molar-refractivity contribution is 7.92. The first-order chi connectivity index (χ1) is 9.29.